The van der Waals surface area contributed by atoms with Crippen molar-refractivity contribution >= 4 is 24.3 Å². The monoisotopic (exact) mass is 383 g/mol. The van der Waals surface area contributed by atoms with E-state index < -0.39 is 12.3 Å². The summed E-state index contributed by atoms with van der Waals surface area (Å²) >= 11 is 0. The Morgan fingerprint density at radius 3 is 2.77 bits per heavy atom. The highest BCUT2D eigenvalue weighted by Gasteiger charge is 2.32. The van der Waals surface area contributed by atoms with Gasteiger partial charge in [-0.15, -0.1) is 12.4 Å². The fraction of sp³-hybridized carbons (Fsp3) is 0.579. The van der Waals surface area contributed by atoms with Crippen molar-refractivity contribution in [3.8, 4) is 5.75 Å². The Kier molecular flexibility index (Phi) is 7.29. The van der Waals surface area contributed by atoms with Crippen LogP contribution in [0, 0.1) is 5.92 Å². The second kappa shape index (κ2) is 9.24. The van der Waals surface area contributed by atoms with Gasteiger partial charge in [-0.25, -0.2) is 4.79 Å². The molecule has 0 amide bonds. The molecule has 2 unspecified atom stereocenters. The summed E-state index contributed by atoms with van der Waals surface area (Å²) in [5.41, 5.74) is 2.75. The number of carbonyl (C=O) groups is 2. The smallest absolute Gasteiger partial charge is 0.497 e. The van der Waals surface area contributed by atoms with Crippen LogP contribution in [0.15, 0.2) is 18.2 Å². The molecule has 0 radical (unpaired) electrons. The quantitative estimate of drug-likeness (QED) is 0.745. The molecule has 0 saturated carbocycles. The molecule has 1 heterocycles. The summed E-state index contributed by atoms with van der Waals surface area (Å²) in [4.78, 5) is 25.5. The Labute approximate surface area is 160 Å². The number of hydrogen-bond donors (Lipinski definition) is 0. The molecular weight excluding hydrogens is 358 g/mol. The number of benzene rings is 1. The van der Waals surface area contributed by atoms with E-state index in [1.54, 1.807) is 7.11 Å². The first-order chi connectivity index (χ1) is 12.1. The van der Waals surface area contributed by atoms with Crippen molar-refractivity contribution in [3.63, 3.8) is 0 Å². The lowest BCUT2D eigenvalue weighted by molar-refractivity contribution is -0.133. The van der Waals surface area contributed by atoms with Crippen molar-refractivity contribution < 1.29 is 23.8 Å². The lowest BCUT2D eigenvalue weighted by Crippen LogP contribution is -2.48. The number of ether oxygens (including phenoxy) is 3. The van der Waals surface area contributed by atoms with Crippen LogP contribution < -0.4 is 4.74 Å². The van der Waals surface area contributed by atoms with Gasteiger partial charge in [0.1, 0.15) is 5.75 Å². The third-order valence-corrected chi connectivity index (χ3v) is 5.12. The molecule has 2 aliphatic rings. The van der Waals surface area contributed by atoms with Gasteiger partial charge in [0.15, 0.2) is 11.9 Å². The molecule has 1 aromatic rings. The number of fused-ring (bicyclic) bond motifs is 1. The number of hydrogen-bond acceptors (Lipinski definition) is 6. The minimum absolute atomic E-state index is 0. The van der Waals surface area contributed by atoms with Crippen molar-refractivity contribution in [3.05, 3.63) is 29.3 Å². The Hall–Kier alpha value is -1.79. The third kappa shape index (κ3) is 4.89. The van der Waals surface area contributed by atoms with Crippen LogP contribution in [0.25, 0.3) is 0 Å². The highest BCUT2D eigenvalue weighted by atomic mass is 35.5. The van der Waals surface area contributed by atoms with E-state index in [0.717, 1.165) is 38.1 Å². The summed E-state index contributed by atoms with van der Waals surface area (Å²) in [5, 5.41) is 0. The number of Topliss-reactive ketones (excluding diaryl/α,β-unsaturated/α-hetero) is 1. The number of aryl methyl sites for hydroxylation is 1. The van der Waals surface area contributed by atoms with Crippen LogP contribution in [-0.4, -0.2) is 56.8 Å². The van der Waals surface area contributed by atoms with Crippen LogP contribution >= 0.6 is 12.4 Å². The Balaban J connectivity index is 0.00000243. The van der Waals surface area contributed by atoms with Crippen LogP contribution in [-0.2, 0) is 27.1 Å². The van der Waals surface area contributed by atoms with E-state index in [2.05, 4.69) is 21.8 Å². The van der Waals surface area contributed by atoms with Gasteiger partial charge in [-0.05, 0) is 48.4 Å². The van der Waals surface area contributed by atoms with Gasteiger partial charge in [0.05, 0.1) is 14.2 Å². The first-order valence-electron chi connectivity index (χ1n) is 8.74. The molecule has 3 rings (SSSR count). The minimum atomic E-state index is -0.793. The Morgan fingerprint density at radius 2 is 2.04 bits per heavy atom. The summed E-state index contributed by atoms with van der Waals surface area (Å²) in [5.74, 6) is 1.40. The van der Waals surface area contributed by atoms with Gasteiger partial charge in [0.2, 0.25) is 0 Å². The molecule has 0 aromatic heterocycles. The van der Waals surface area contributed by atoms with E-state index in [0.29, 0.717) is 18.9 Å². The number of piperidine rings is 1. The maximum atomic E-state index is 11.9. The molecular formula is C19H26ClNO5. The van der Waals surface area contributed by atoms with Crippen molar-refractivity contribution in [2.75, 3.05) is 33.9 Å². The molecule has 1 fully saturated rings. The first-order valence-corrected chi connectivity index (χ1v) is 8.74. The summed E-state index contributed by atoms with van der Waals surface area (Å²) < 4.78 is 14.9. The third-order valence-electron chi connectivity index (χ3n) is 5.12. The summed E-state index contributed by atoms with van der Waals surface area (Å²) in [6, 6.07) is 6.30. The largest absolute Gasteiger partial charge is 0.508 e. The van der Waals surface area contributed by atoms with Crippen LogP contribution in [0.2, 0.25) is 0 Å². The van der Waals surface area contributed by atoms with Gasteiger partial charge in [-0.1, -0.05) is 6.07 Å². The molecule has 0 bridgehead atoms. The summed E-state index contributed by atoms with van der Waals surface area (Å²) in [6.45, 7) is 2.09. The van der Waals surface area contributed by atoms with E-state index >= 15 is 0 Å². The molecule has 1 aliphatic carbocycles. The van der Waals surface area contributed by atoms with Crippen molar-refractivity contribution in [1.29, 1.82) is 0 Å². The van der Waals surface area contributed by atoms with Gasteiger partial charge >= 0.3 is 6.16 Å². The SMILES string of the molecule is COC(=O)OC1CN(CC2CCc3ccc(OC)cc3C2)CCC1=O.Cl. The lowest BCUT2D eigenvalue weighted by Gasteiger charge is -2.35. The number of carbonyl (C=O) groups excluding carboxylic acids is 2. The Bertz CT molecular complexity index is 651. The zero-order valence-corrected chi connectivity index (χ0v) is 16.0. The van der Waals surface area contributed by atoms with E-state index in [9.17, 15) is 9.59 Å². The standard InChI is InChI=1S/C19H25NO5.ClH/c1-23-16-6-5-14-4-3-13(9-15(14)10-16)11-20-8-7-17(21)18(12-20)25-19(22)24-2;/h5-6,10,13,18H,3-4,7-9,11-12H2,1-2H3;1H. The van der Waals surface area contributed by atoms with Gasteiger partial charge in [0, 0.05) is 26.1 Å². The molecule has 0 spiro atoms. The maximum absolute atomic E-state index is 11.9. The number of rotatable bonds is 4. The van der Waals surface area contributed by atoms with Gasteiger partial charge in [-0.3, -0.25) is 9.69 Å². The maximum Gasteiger partial charge on any atom is 0.508 e. The number of likely N-dealkylation sites (tertiary alicyclic amines) is 1. The van der Waals surface area contributed by atoms with E-state index in [1.165, 1.54) is 18.2 Å². The number of halogens is 1. The highest BCUT2D eigenvalue weighted by molar-refractivity contribution is 5.86. The zero-order valence-electron chi connectivity index (χ0n) is 15.2. The molecule has 0 N–H and O–H groups in total. The van der Waals surface area contributed by atoms with E-state index in [4.69, 9.17) is 9.47 Å². The van der Waals surface area contributed by atoms with Crippen molar-refractivity contribution in [1.82, 2.24) is 4.90 Å². The Morgan fingerprint density at radius 1 is 1.23 bits per heavy atom. The topological polar surface area (TPSA) is 65.1 Å². The highest BCUT2D eigenvalue weighted by Crippen LogP contribution is 2.29. The van der Waals surface area contributed by atoms with E-state index in [1.807, 2.05) is 6.07 Å². The molecule has 26 heavy (non-hydrogen) atoms. The van der Waals surface area contributed by atoms with Crippen molar-refractivity contribution in [2.45, 2.75) is 31.8 Å². The normalized spacial score (nSPS) is 22.8. The molecule has 1 saturated heterocycles. The predicted octanol–water partition coefficient (Wildman–Crippen LogP) is 2.65. The fourth-order valence-corrected chi connectivity index (χ4v) is 3.75. The number of methoxy groups -OCH3 is 2. The second-order valence-electron chi connectivity index (χ2n) is 6.78. The van der Waals surface area contributed by atoms with Gasteiger partial charge in [0.25, 0.3) is 0 Å². The van der Waals surface area contributed by atoms with Crippen LogP contribution in [0.1, 0.15) is 24.0 Å². The zero-order chi connectivity index (χ0) is 17.8. The van der Waals surface area contributed by atoms with Crippen LogP contribution in [0.3, 0.4) is 0 Å². The second-order valence-corrected chi connectivity index (χ2v) is 6.78. The average Bonchev–Trinajstić information content (AvgIpc) is 2.63. The molecule has 144 valence electrons. The number of ketones is 1. The lowest BCUT2D eigenvalue weighted by atomic mass is 9.83. The molecule has 7 heteroatoms. The minimum Gasteiger partial charge on any atom is -0.497 e. The summed E-state index contributed by atoms with van der Waals surface area (Å²) in [7, 11) is 2.94. The molecule has 1 aliphatic heterocycles. The first kappa shape index (κ1) is 20.5. The molecule has 6 nitrogen and oxygen atoms in total. The van der Waals surface area contributed by atoms with Crippen LogP contribution in [0.5, 0.6) is 5.75 Å². The van der Waals surface area contributed by atoms with E-state index in [-0.39, 0.29) is 18.2 Å². The predicted molar refractivity (Wildman–Crippen MR) is 99.1 cm³/mol. The molecule has 2 atom stereocenters. The molecule has 1 aromatic carbocycles. The average molecular weight is 384 g/mol. The van der Waals surface area contributed by atoms with Crippen molar-refractivity contribution in [2.24, 2.45) is 5.92 Å². The number of nitrogens with zero attached hydrogens (tertiary/aromatic N) is 1. The fourth-order valence-electron chi connectivity index (χ4n) is 3.75. The van der Waals surface area contributed by atoms with Crippen LogP contribution in [0.4, 0.5) is 4.79 Å². The van der Waals surface area contributed by atoms with Gasteiger partial charge in [-0.2, -0.15) is 0 Å². The van der Waals surface area contributed by atoms with Gasteiger partial charge < -0.3 is 14.2 Å². The summed E-state index contributed by atoms with van der Waals surface area (Å²) in [6.07, 6.45) is 2.12.